The molecule has 1 saturated heterocycles. The summed E-state index contributed by atoms with van der Waals surface area (Å²) in [7, 11) is -3.37. The third-order valence-corrected chi connectivity index (χ3v) is 7.47. The molecule has 1 aliphatic rings. The molecule has 0 bridgehead atoms. The van der Waals surface area contributed by atoms with Gasteiger partial charge in [-0.3, -0.25) is 4.79 Å². The fourth-order valence-electron chi connectivity index (χ4n) is 2.58. The van der Waals surface area contributed by atoms with Crippen molar-refractivity contribution >= 4 is 27.3 Å². The van der Waals surface area contributed by atoms with E-state index in [1.54, 1.807) is 10.4 Å². The Bertz CT molecular complexity index is 602. The molecule has 22 heavy (non-hydrogen) atoms. The second-order valence-corrected chi connectivity index (χ2v) is 8.90. The van der Waals surface area contributed by atoms with Crippen molar-refractivity contribution < 1.29 is 13.2 Å². The van der Waals surface area contributed by atoms with Crippen LogP contribution in [0.4, 0.5) is 0 Å². The Morgan fingerprint density at radius 3 is 2.55 bits per heavy atom. The van der Waals surface area contributed by atoms with E-state index in [0.717, 1.165) is 17.7 Å². The highest BCUT2D eigenvalue weighted by atomic mass is 32.2. The quantitative estimate of drug-likeness (QED) is 0.861. The molecule has 5 nitrogen and oxygen atoms in total. The van der Waals surface area contributed by atoms with E-state index in [0.29, 0.717) is 36.6 Å². The summed E-state index contributed by atoms with van der Waals surface area (Å²) in [5, 5.41) is 2.99. The van der Waals surface area contributed by atoms with Gasteiger partial charge < -0.3 is 5.32 Å². The number of nitrogens with zero attached hydrogens (tertiary/aromatic N) is 1. The topological polar surface area (TPSA) is 66.5 Å². The van der Waals surface area contributed by atoms with Gasteiger partial charge in [-0.25, -0.2) is 8.42 Å². The molecule has 0 saturated carbocycles. The third-order valence-electron chi connectivity index (χ3n) is 3.88. The number of carbonyl (C=O) groups is 1. The molecule has 7 heteroatoms. The van der Waals surface area contributed by atoms with E-state index in [2.05, 4.69) is 5.32 Å². The van der Waals surface area contributed by atoms with Crippen LogP contribution in [0.25, 0.3) is 0 Å². The number of sulfonamides is 1. The molecule has 1 aliphatic heterocycles. The molecule has 0 spiro atoms. The highest BCUT2D eigenvalue weighted by molar-refractivity contribution is 7.91. The average Bonchev–Trinajstić information content (AvgIpc) is 2.98. The number of thiophene rings is 1. The summed E-state index contributed by atoms with van der Waals surface area (Å²) < 4.78 is 27.2. The molecule has 2 rings (SSSR count). The first-order valence-electron chi connectivity index (χ1n) is 7.85. The Labute approximate surface area is 136 Å². The largest absolute Gasteiger partial charge is 0.353 e. The van der Waals surface area contributed by atoms with Gasteiger partial charge in [-0.2, -0.15) is 4.31 Å². The Kier molecular flexibility index (Phi) is 6.00. The van der Waals surface area contributed by atoms with Crippen molar-refractivity contribution in [1.29, 1.82) is 0 Å². The van der Waals surface area contributed by atoms with Crippen molar-refractivity contribution in [3.05, 3.63) is 17.0 Å². The highest BCUT2D eigenvalue weighted by Gasteiger charge is 2.30. The lowest BCUT2D eigenvalue weighted by molar-refractivity contribution is -0.122. The number of rotatable bonds is 6. The predicted molar refractivity (Wildman–Crippen MR) is 88.5 cm³/mol. The second kappa shape index (κ2) is 7.57. The van der Waals surface area contributed by atoms with Crippen LogP contribution >= 0.6 is 11.3 Å². The monoisotopic (exact) mass is 344 g/mol. The molecule has 0 unspecified atom stereocenters. The lowest BCUT2D eigenvalue weighted by Crippen LogP contribution is -2.46. The van der Waals surface area contributed by atoms with Crippen LogP contribution in [0.3, 0.4) is 0 Å². The minimum absolute atomic E-state index is 0.0645. The fraction of sp³-hybridized carbons (Fsp3) is 0.667. The van der Waals surface area contributed by atoms with Gasteiger partial charge in [0.05, 0.1) is 0 Å². The van der Waals surface area contributed by atoms with Crippen LogP contribution in [0.5, 0.6) is 0 Å². The van der Waals surface area contributed by atoms with Gasteiger partial charge >= 0.3 is 0 Å². The van der Waals surface area contributed by atoms with Crippen LogP contribution in [-0.2, 0) is 21.2 Å². The van der Waals surface area contributed by atoms with E-state index >= 15 is 0 Å². The number of piperidine rings is 1. The number of hydrogen-bond acceptors (Lipinski definition) is 4. The maximum absolute atomic E-state index is 12.6. The van der Waals surface area contributed by atoms with Gasteiger partial charge in [0.25, 0.3) is 10.0 Å². The first-order valence-corrected chi connectivity index (χ1v) is 10.1. The summed E-state index contributed by atoms with van der Waals surface area (Å²) in [5.74, 6) is 0.0645. The van der Waals surface area contributed by atoms with Gasteiger partial charge in [0.15, 0.2) is 0 Å². The summed E-state index contributed by atoms with van der Waals surface area (Å²) in [6, 6.07) is 3.68. The van der Waals surface area contributed by atoms with Gasteiger partial charge in [0.1, 0.15) is 4.21 Å². The standard InChI is InChI=1S/C15H24N2O3S2/c1-3-5-14(18)16-12-8-10-17(11-9-12)22(19,20)15-7-6-13(4-2)21-15/h6-7,12H,3-5,8-11H2,1-2H3,(H,16,18). The average molecular weight is 345 g/mol. The molecule has 1 N–H and O–H groups in total. The summed E-state index contributed by atoms with van der Waals surface area (Å²) in [6.45, 7) is 4.94. The molecule has 0 aliphatic carbocycles. The Hall–Kier alpha value is -0.920. The Morgan fingerprint density at radius 2 is 2.00 bits per heavy atom. The van der Waals surface area contributed by atoms with Gasteiger partial charge in [-0.05, 0) is 37.8 Å². The number of amides is 1. The smallest absolute Gasteiger partial charge is 0.252 e. The van der Waals surface area contributed by atoms with E-state index in [4.69, 9.17) is 0 Å². The first-order chi connectivity index (χ1) is 10.5. The minimum atomic E-state index is -3.37. The Balaban J connectivity index is 1.94. The lowest BCUT2D eigenvalue weighted by Gasteiger charge is -2.31. The van der Waals surface area contributed by atoms with E-state index in [-0.39, 0.29) is 11.9 Å². The summed E-state index contributed by atoms with van der Waals surface area (Å²) in [4.78, 5) is 12.7. The van der Waals surface area contributed by atoms with Crippen LogP contribution in [0.15, 0.2) is 16.3 Å². The molecule has 2 heterocycles. The SMILES string of the molecule is CCCC(=O)NC1CCN(S(=O)(=O)c2ccc(CC)s2)CC1. The maximum atomic E-state index is 12.6. The molecule has 1 amide bonds. The molecule has 124 valence electrons. The maximum Gasteiger partial charge on any atom is 0.252 e. The van der Waals surface area contributed by atoms with Gasteiger partial charge in [0.2, 0.25) is 5.91 Å². The van der Waals surface area contributed by atoms with Crippen LogP contribution in [0, 0.1) is 0 Å². The minimum Gasteiger partial charge on any atom is -0.353 e. The van der Waals surface area contributed by atoms with Crippen molar-refractivity contribution in [2.24, 2.45) is 0 Å². The Morgan fingerprint density at radius 1 is 1.32 bits per heavy atom. The molecule has 1 aromatic heterocycles. The molecule has 1 aromatic rings. The lowest BCUT2D eigenvalue weighted by atomic mass is 10.1. The zero-order chi connectivity index (χ0) is 16.2. The van der Waals surface area contributed by atoms with Crippen LogP contribution in [0.1, 0.15) is 44.4 Å². The highest BCUT2D eigenvalue weighted by Crippen LogP contribution is 2.27. The van der Waals surface area contributed by atoms with Gasteiger partial charge in [-0.15, -0.1) is 11.3 Å². The van der Waals surface area contributed by atoms with E-state index in [1.165, 1.54) is 11.3 Å². The summed E-state index contributed by atoms with van der Waals surface area (Å²) in [5.41, 5.74) is 0. The summed E-state index contributed by atoms with van der Waals surface area (Å²) >= 11 is 1.35. The first kappa shape index (κ1) is 17.4. The molecular weight excluding hydrogens is 320 g/mol. The summed E-state index contributed by atoms with van der Waals surface area (Å²) in [6.07, 6.45) is 3.58. The number of aryl methyl sites for hydroxylation is 1. The van der Waals surface area contributed by atoms with Crippen LogP contribution in [-0.4, -0.2) is 37.8 Å². The molecule has 0 aromatic carbocycles. The predicted octanol–water partition coefficient (Wildman–Crippen LogP) is 2.38. The van der Waals surface area contributed by atoms with Crippen molar-refractivity contribution in [3.63, 3.8) is 0 Å². The van der Waals surface area contributed by atoms with E-state index in [9.17, 15) is 13.2 Å². The van der Waals surface area contributed by atoms with Gasteiger partial charge in [0, 0.05) is 30.4 Å². The molecular formula is C15H24N2O3S2. The van der Waals surface area contributed by atoms with Crippen molar-refractivity contribution in [1.82, 2.24) is 9.62 Å². The van der Waals surface area contributed by atoms with Gasteiger partial charge in [-0.1, -0.05) is 13.8 Å². The zero-order valence-corrected chi connectivity index (χ0v) is 14.8. The van der Waals surface area contributed by atoms with Crippen LogP contribution in [0.2, 0.25) is 0 Å². The third kappa shape index (κ3) is 4.08. The normalized spacial score (nSPS) is 17.5. The number of carbonyl (C=O) groups excluding carboxylic acids is 1. The van der Waals surface area contributed by atoms with E-state index < -0.39 is 10.0 Å². The number of hydrogen-bond donors (Lipinski definition) is 1. The number of nitrogens with one attached hydrogen (secondary N) is 1. The molecule has 1 fully saturated rings. The zero-order valence-electron chi connectivity index (χ0n) is 13.2. The molecule has 0 atom stereocenters. The molecule has 0 radical (unpaired) electrons. The van der Waals surface area contributed by atoms with Crippen molar-refractivity contribution in [2.45, 2.75) is 56.2 Å². The van der Waals surface area contributed by atoms with Crippen molar-refractivity contribution in [3.8, 4) is 0 Å². The van der Waals surface area contributed by atoms with Crippen LogP contribution < -0.4 is 5.32 Å². The second-order valence-electron chi connectivity index (χ2n) is 5.57. The van der Waals surface area contributed by atoms with Crippen molar-refractivity contribution in [2.75, 3.05) is 13.1 Å². The fourth-order valence-corrected chi connectivity index (χ4v) is 5.50. The van der Waals surface area contributed by atoms with E-state index in [1.807, 2.05) is 19.9 Å².